The van der Waals surface area contributed by atoms with Crippen LogP contribution in [0.1, 0.15) is 38.7 Å². The van der Waals surface area contributed by atoms with E-state index < -0.39 is 0 Å². The zero-order valence-electron chi connectivity index (χ0n) is 10.6. The topological polar surface area (TPSA) is 12.0 Å². The van der Waals surface area contributed by atoms with Crippen molar-refractivity contribution < 1.29 is 0 Å². The summed E-state index contributed by atoms with van der Waals surface area (Å²) in [6, 6.07) is 8.80. The van der Waals surface area contributed by atoms with Crippen LogP contribution in [-0.2, 0) is 0 Å². The molecular weight excluding hydrogens is 214 g/mol. The lowest BCUT2D eigenvalue weighted by Gasteiger charge is -2.09. The third-order valence-electron chi connectivity index (χ3n) is 2.58. The second kappa shape index (κ2) is 7.61. The van der Waals surface area contributed by atoms with Crippen molar-refractivity contribution in [3.63, 3.8) is 0 Å². The minimum Gasteiger partial charge on any atom is -0.385 e. The summed E-state index contributed by atoms with van der Waals surface area (Å²) in [6.07, 6.45) is 1.24. The molecule has 0 bridgehead atoms. The first-order chi connectivity index (χ1) is 7.74. The molecule has 1 N–H and O–H groups in total. The molecule has 0 saturated heterocycles. The van der Waals surface area contributed by atoms with Crippen molar-refractivity contribution >= 4 is 17.4 Å². The molecule has 1 nitrogen and oxygen atoms in total. The Kier molecular flexibility index (Phi) is 6.39. The van der Waals surface area contributed by atoms with Gasteiger partial charge in [0.05, 0.1) is 0 Å². The van der Waals surface area contributed by atoms with Crippen LogP contribution >= 0.6 is 11.8 Å². The fourth-order valence-electron chi connectivity index (χ4n) is 1.54. The van der Waals surface area contributed by atoms with Gasteiger partial charge in [-0.1, -0.05) is 32.9 Å². The van der Waals surface area contributed by atoms with Gasteiger partial charge in [0.1, 0.15) is 0 Å². The van der Waals surface area contributed by atoms with Crippen LogP contribution < -0.4 is 5.32 Å². The molecule has 0 heterocycles. The van der Waals surface area contributed by atoms with Crippen LogP contribution in [0.4, 0.5) is 5.69 Å². The van der Waals surface area contributed by atoms with Crippen molar-refractivity contribution in [2.24, 2.45) is 0 Å². The summed E-state index contributed by atoms with van der Waals surface area (Å²) < 4.78 is 0. The Morgan fingerprint density at radius 2 is 1.88 bits per heavy atom. The summed E-state index contributed by atoms with van der Waals surface area (Å²) >= 11 is 2.01. The summed E-state index contributed by atoms with van der Waals surface area (Å²) in [5, 5.41) is 3.46. The lowest BCUT2D eigenvalue weighted by Crippen LogP contribution is -2.02. The van der Waals surface area contributed by atoms with Crippen LogP contribution in [0.2, 0.25) is 0 Å². The predicted molar refractivity (Wildman–Crippen MR) is 76.6 cm³/mol. The van der Waals surface area contributed by atoms with E-state index in [1.165, 1.54) is 29.2 Å². The van der Waals surface area contributed by atoms with Crippen molar-refractivity contribution in [1.82, 2.24) is 0 Å². The van der Waals surface area contributed by atoms with Gasteiger partial charge in [-0.25, -0.2) is 0 Å². The van der Waals surface area contributed by atoms with Crippen molar-refractivity contribution in [3.8, 4) is 0 Å². The smallest absolute Gasteiger partial charge is 0.0340 e. The van der Waals surface area contributed by atoms with Gasteiger partial charge in [-0.15, -0.1) is 0 Å². The van der Waals surface area contributed by atoms with E-state index in [9.17, 15) is 0 Å². The zero-order chi connectivity index (χ0) is 11.8. The van der Waals surface area contributed by atoms with Crippen molar-refractivity contribution in [2.75, 3.05) is 23.4 Å². The molecular formula is C14H23NS. The van der Waals surface area contributed by atoms with Gasteiger partial charge >= 0.3 is 0 Å². The van der Waals surface area contributed by atoms with E-state index in [1.54, 1.807) is 0 Å². The predicted octanol–water partition coefficient (Wildman–Crippen LogP) is 4.37. The van der Waals surface area contributed by atoms with Crippen LogP contribution in [0, 0.1) is 0 Å². The molecule has 0 saturated carbocycles. The molecule has 0 atom stereocenters. The van der Waals surface area contributed by atoms with E-state index >= 15 is 0 Å². The maximum absolute atomic E-state index is 3.46. The van der Waals surface area contributed by atoms with Gasteiger partial charge in [-0.3, -0.25) is 0 Å². The van der Waals surface area contributed by atoms with Gasteiger partial charge in [0.15, 0.2) is 0 Å². The Labute approximate surface area is 104 Å². The molecule has 0 aliphatic heterocycles. The van der Waals surface area contributed by atoms with Gasteiger partial charge in [0.2, 0.25) is 0 Å². The largest absolute Gasteiger partial charge is 0.385 e. The van der Waals surface area contributed by atoms with E-state index in [0.717, 1.165) is 6.54 Å². The average Bonchev–Trinajstić information content (AvgIpc) is 2.29. The molecule has 0 fully saturated rings. The highest BCUT2D eigenvalue weighted by Gasteiger charge is 1.98. The molecule has 1 aromatic carbocycles. The number of hydrogen-bond donors (Lipinski definition) is 1. The number of hydrogen-bond acceptors (Lipinski definition) is 2. The number of anilines is 1. The highest BCUT2D eigenvalue weighted by Crippen LogP contribution is 2.17. The van der Waals surface area contributed by atoms with Crippen molar-refractivity contribution in [3.05, 3.63) is 29.8 Å². The minimum atomic E-state index is 0.620. The molecule has 1 rings (SSSR count). The molecule has 2 heteroatoms. The molecule has 0 radical (unpaired) electrons. The molecule has 0 aliphatic carbocycles. The third kappa shape index (κ3) is 4.93. The van der Waals surface area contributed by atoms with E-state index in [-0.39, 0.29) is 0 Å². The van der Waals surface area contributed by atoms with Crippen LogP contribution in [0.15, 0.2) is 24.3 Å². The lowest BCUT2D eigenvalue weighted by molar-refractivity contribution is 0.866. The van der Waals surface area contributed by atoms with Crippen molar-refractivity contribution in [2.45, 2.75) is 33.1 Å². The normalized spacial score (nSPS) is 10.8. The summed E-state index contributed by atoms with van der Waals surface area (Å²) in [5.41, 5.74) is 2.65. The van der Waals surface area contributed by atoms with Gasteiger partial charge < -0.3 is 5.32 Å². The quantitative estimate of drug-likeness (QED) is 0.707. The molecule has 90 valence electrons. The van der Waals surface area contributed by atoms with Crippen LogP contribution in [-0.4, -0.2) is 18.1 Å². The molecule has 0 spiro atoms. The number of nitrogens with one attached hydrogen (secondary N) is 1. The Hall–Kier alpha value is -0.630. The zero-order valence-corrected chi connectivity index (χ0v) is 11.4. The van der Waals surface area contributed by atoms with Gasteiger partial charge in [-0.2, -0.15) is 11.8 Å². The Morgan fingerprint density at radius 3 is 2.44 bits per heavy atom. The maximum Gasteiger partial charge on any atom is 0.0340 e. The van der Waals surface area contributed by atoms with Crippen molar-refractivity contribution in [1.29, 1.82) is 0 Å². The number of benzene rings is 1. The van der Waals surface area contributed by atoms with E-state index in [1.807, 2.05) is 11.8 Å². The first-order valence-electron chi connectivity index (χ1n) is 6.15. The molecule has 0 amide bonds. The van der Waals surface area contributed by atoms with E-state index in [2.05, 4.69) is 50.4 Å². The monoisotopic (exact) mass is 237 g/mol. The van der Waals surface area contributed by atoms with E-state index in [0.29, 0.717) is 5.92 Å². The van der Waals surface area contributed by atoms with Crippen LogP contribution in [0.5, 0.6) is 0 Å². The summed E-state index contributed by atoms with van der Waals surface area (Å²) in [7, 11) is 0. The molecule has 16 heavy (non-hydrogen) atoms. The van der Waals surface area contributed by atoms with Crippen LogP contribution in [0.25, 0.3) is 0 Å². The highest BCUT2D eigenvalue weighted by molar-refractivity contribution is 7.99. The third-order valence-corrected chi connectivity index (χ3v) is 3.56. The van der Waals surface area contributed by atoms with Gasteiger partial charge in [-0.05, 0) is 41.5 Å². The highest BCUT2D eigenvalue weighted by atomic mass is 32.2. The number of thioether (sulfide) groups is 1. The SMILES string of the molecule is CCSCCCNc1ccc(C(C)C)cc1. The molecule has 0 unspecified atom stereocenters. The molecule has 0 aromatic heterocycles. The van der Waals surface area contributed by atoms with Gasteiger partial charge in [0.25, 0.3) is 0 Å². The molecule has 1 aromatic rings. The summed E-state index contributed by atoms with van der Waals surface area (Å²) in [4.78, 5) is 0. The van der Waals surface area contributed by atoms with E-state index in [4.69, 9.17) is 0 Å². The fourth-order valence-corrected chi connectivity index (χ4v) is 2.17. The second-order valence-electron chi connectivity index (χ2n) is 4.25. The lowest BCUT2D eigenvalue weighted by atomic mass is 10.0. The summed E-state index contributed by atoms with van der Waals surface area (Å²) in [5.74, 6) is 3.10. The Morgan fingerprint density at radius 1 is 1.19 bits per heavy atom. The van der Waals surface area contributed by atoms with Crippen LogP contribution in [0.3, 0.4) is 0 Å². The Bertz CT molecular complexity index is 279. The van der Waals surface area contributed by atoms with Gasteiger partial charge in [0, 0.05) is 12.2 Å². The first kappa shape index (κ1) is 13.4. The average molecular weight is 237 g/mol. The maximum atomic E-state index is 3.46. The second-order valence-corrected chi connectivity index (χ2v) is 5.65. The fraction of sp³-hybridized carbons (Fsp3) is 0.571. The molecule has 0 aliphatic rings. The first-order valence-corrected chi connectivity index (χ1v) is 7.31. The standard InChI is InChI=1S/C14H23NS/c1-4-16-11-5-10-15-14-8-6-13(7-9-14)12(2)3/h6-9,12,15H,4-5,10-11H2,1-3H3. The summed E-state index contributed by atoms with van der Waals surface area (Å²) in [6.45, 7) is 7.74. The number of rotatable bonds is 7. The minimum absolute atomic E-state index is 0.620. The Balaban J connectivity index is 2.27.